The van der Waals surface area contributed by atoms with Crippen LogP contribution in [0.15, 0.2) is 53.5 Å². The molecule has 2 aromatic carbocycles. The molecule has 2 aromatic rings. The second-order valence-corrected chi connectivity index (χ2v) is 7.07. The fourth-order valence-corrected chi connectivity index (χ4v) is 2.84. The molecule has 0 radical (unpaired) electrons. The minimum absolute atomic E-state index is 0.528. The van der Waals surface area contributed by atoms with Gasteiger partial charge in [0.1, 0.15) is 11.5 Å². The lowest BCUT2D eigenvalue weighted by molar-refractivity contribution is -0.336. The van der Waals surface area contributed by atoms with Gasteiger partial charge in [0.25, 0.3) is 0 Å². The lowest BCUT2D eigenvalue weighted by Gasteiger charge is -2.29. The first-order chi connectivity index (χ1) is 14.0. The van der Waals surface area contributed by atoms with Crippen molar-refractivity contribution in [2.75, 3.05) is 13.7 Å². The Hall–Kier alpha value is -2.58. The van der Waals surface area contributed by atoms with Crippen LogP contribution < -0.4 is 4.74 Å². The summed E-state index contributed by atoms with van der Waals surface area (Å²) in [5.41, 5.74) is -0.906. The lowest BCUT2D eigenvalue weighted by atomic mass is 9.96. The number of alkyl halides is 7. The molecule has 1 saturated carbocycles. The molecule has 0 N–H and O–H groups in total. The van der Waals surface area contributed by atoms with E-state index in [1.165, 1.54) is 12.1 Å². The molecule has 0 bridgehead atoms. The molecule has 0 saturated heterocycles. The number of hydrogen-bond acceptors (Lipinski definition) is 2. The van der Waals surface area contributed by atoms with Gasteiger partial charge in [-0.25, -0.2) is 0 Å². The molecule has 9 heteroatoms. The summed E-state index contributed by atoms with van der Waals surface area (Å²) in [5, 5.41) is 0. The van der Waals surface area contributed by atoms with Crippen LogP contribution in [-0.4, -0.2) is 37.4 Å². The molecule has 1 aliphatic rings. The van der Waals surface area contributed by atoms with E-state index in [1.807, 2.05) is 0 Å². The molecule has 162 valence electrons. The standard InChI is InChI=1S/C21H18F7NO/c1-29-18(19(22,23)20(24,25)21(26,27)28)16-6-4-14(5-7-16)15-8-10-17(11-9-15)30-12-13-2-3-13/h4-11,13H,2-3,12H2,1H3. The second kappa shape index (κ2) is 7.92. The number of ether oxygens (including phenoxy) is 1. The van der Waals surface area contributed by atoms with E-state index in [9.17, 15) is 30.7 Å². The fourth-order valence-electron chi connectivity index (χ4n) is 2.84. The van der Waals surface area contributed by atoms with Gasteiger partial charge in [0.2, 0.25) is 0 Å². The number of aliphatic imine (C=N–C) groups is 1. The lowest BCUT2D eigenvalue weighted by Crippen LogP contribution is -2.56. The zero-order valence-electron chi connectivity index (χ0n) is 15.8. The highest BCUT2D eigenvalue weighted by atomic mass is 19.4. The Morgan fingerprint density at radius 1 is 0.867 bits per heavy atom. The van der Waals surface area contributed by atoms with Gasteiger partial charge < -0.3 is 4.74 Å². The summed E-state index contributed by atoms with van der Waals surface area (Å²) in [4.78, 5) is 3.03. The van der Waals surface area contributed by atoms with Crippen molar-refractivity contribution in [1.82, 2.24) is 0 Å². The Morgan fingerprint density at radius 3 is 1.80 bits per heavy atom. The summed E-state index contributed by atoms with van der Waals surface area (Å²) >= 11 is 0. The molecule has 0 atom stereocenters. The fraction of sp³-hybridized carbons (Fsp3) is 0.381. The third kappa shape index (κ3) is 4.29. The predicted octanol–water partition coefficient (Wildman–Crippen LogP) is 6.39. The van der Waals surface area contributed by atoms with E-state index in [1.54, 1.807) is 24.3 Å². The maximum absolute atomic E-state index is 14.0. The van der Waals surface area contributed by atoms with Gasteiger partial charge in [-0.1, -0.05) is 36.4 Å². The highest BCUT2D eigenvalue weighted by Gasteiger charge is 2.74. The van der Waals surface area contributed by atoms with E-state index in [2.05, 4.69) is 4.99 Å². The number of rotatable bonds is 7. The monoisotopic (exact) mass is 433 g/mol. The molecule has 0 spiro atoms. The predicted molar refractivity (Wildman–Crippen MR) is 98.5 cm³/mol. The zero-order chi connectivity index (χ0) is 22.2. The quantitative estimate of drug-likeness (QED) is 0.366. The van der Waals surface area contributed by atoms with Crippen LogP contribution in [0.3, 0.4) is 0 Å². The van der Waals surface area contributed by atoms with Crippen LogP contribution in [0, 0.1) is 5.92 Å². The van der Waals surface area contributed by atoms with Crippen molar-refractivity contribution in [2.24, 2.45) is 10.9 Å². The first-order valence-corrected chi connectivity index (χ1v) is 9.10. The zero-order valence-corrected chi connectivity index (χ0v) is 15.8. The second-order valence-electron chi connectivity index (χ2n) is 7.07. The molecule has 1 fully saturated rings. The van der Waals surface area contributed by atoms with E-state index in [4.69, 9.17) is 4.74 Å². The third-order valence-electron chi connectivity index (χ3n) is 4.80. The van der Waals surface area contributed by atoms with Gasteiger partial charge in [0.05, 0.1) is 6.61 Å². The minimum atomic E-state index is -6.42. The minimum Gasteiger partial charge on any atom is -0.493 e. The van der Waals surface area contributed by atoms with Crippen molar-refractivity contribution >= 4 is 5.71 Å². The molecule has 0 aliphatic heterocycles. The van der Waals surface area contributed by atoms with Gasteiger partial charge in [-0.3, -0.25) is 4.99 Å². The van der Waals surface area contributed by atoms with Crippen LogP contribution >= 0.6 is 0 Å². The van der Waals surface area contributed by atoms with Gasteiger partial charge in [-0.05, 0) is 42.0 Å². The Labute approximate surface area is 168 Å². The van der Waals surface area contributed by atoms with Crippen molar-refractivity contribution in [3.63, 3.8) is 0 Å². The SMILES string of the molecule is CN=C(c1ccc(-c2ccc(OCC3CC3)cc2)cc1)C(F)(F)C(F)(F)C(F)(F)F. The van der Waals surface area contributed by atoms with Crippen LogP contribution in [0.4, 0.5) is 30.7 Å². The Bertz CT molecular complexity index is 898. The highest BCUT2D eigenvalue weighted by Crippen LogP contribution is 2.48. The summed E-state index contributed by atoms with van der Waals surface area (Å²) in [5.74, 6) is -10.5. The molecular weight excluding hydrogens is 415 g/mol. The first-order valence-electron chi connectivity index (χ1n) is 9.10. The van der Waals surface area contributed by atoms with Crippen molar-refractivity contribution < 1.29 is 35.5 Å². The van der Waals surface area contributed by atoms with E-state index >= 15 is 0 Å². The first kappa shape index (κ1) is 22.1. The Balaban J connectivity index is 1.79. The van der Waals surface area contributed by atoms with E-state index in [0.717, 1.165) is 32.0 Å². The normalized spacial score (nSPS) is 15.9. The van der Waals surface area contributed by atoms with Crippen LogP contribution in [0.25, 0.3) is 11.1 Å². The van der Waals surface area contributed by atoms with Crippen molar-refractivity contribution in [3.8, 4) is 16.9 Å². The van der Waals surface area contributed by atoms with E-state index < -0.39 is 29.3 Å². The Morgan fingerprint density at radius 2 is 1.37 bits per heavy atom. The largest absolute Gasteiger partial charge is 0.493 e. The van der Waals surface area contributed by atoms with Crippen LogP contribution in [0.5, 0.6) is 5.75 Å². The molecule has 0 heterocycles. The molecule has 0 aromatic heterocycles. The summed E-state index contributed by atoms with van der Waals surface area (Å²) < 4.78 is 97.8. The third-order valence-corrected chi connectivity index (χ3v) is 4.80. The Kier molecular flexibility index (Phi) is 5.84. The number of halogens is 7. The smallest absolute Gasteiger partial charge is 0.460 e. The molecule has 0 amide bonds. The van der Waals surface area contributed by atoms with Gasteiger partial charge in [-0.15, -0.1) is 0 Å². The van der Waals surface area contributed by atoms with Gasteiger partial charge in [0.15, 0.2) is 0 Å². The van der Waals surface area contributed by atoms with Gasteiger partial charge >= 0.3 is 18.0 Å². The average Bonchev–Trinajstić information content (AvgIpc) is 3.51. The topological polar surface area (TPSA) is 21.6 Å². The van der Waals surface area contributed by atoms with Crippen LogP contribution in [0.1, 0.15) is 18.4 Å². The van der Waals surface area contributed by atoms with Crippen LogP contribution in [0.2, 0.25) is 0 Å². The number of nitrogens with zero attached hydrogens (tertiary/aromatic N) is 1. The molecular formula is C21H18F7NO. The number of hydrogen-bond donors (Lipinski definition) is 0. The summed E-state index contributed by atoms with van der Waals surface area (Å²) in [6.07, 6.45) is -4.11. The summed E-state index contributed by atoms with van der Waals surface area (Å²) in [6, 6.07) is 11.7. The maximum atomic E-state index is 14.0. The van der Waals surface area contributed by atoms with Crippen molar-refractivity contribution in [1.29, 1.82) is 0 Å². The van der Waals surface area contributed by atoms with Gasteiger partial charge in [-0.2, -0.15) is 30.7 Å². The summed E-state index contributed by atoms with van der Waals surface area (Å²) in [7, 11) is 0.740. The van der Waals surface area contributed by atoms with Crippen molar-refractivity contribution in [2.45, 2.75) is 30.9 Å². The highest BCUT2D eigenvalue weighted by molar-refractivity contribution is 6.06. The van der Waals surface area contributed by atoms with Crippen LogP contribution in [-0.2, 0) is 0 Å². The van der Waals surface area contributed by atoms with Gasteiger partial charge in [0, 0.05) is 12.6 Å². The molecule has 0 unspecified atom stereocenters. The molecule has 2 nitrogen and oxygen atoms in total. The van der Waals surface area contributed by atoms with Crippen molar-refractivity contribution in [3.05, 3.63) is 54.1 Å². The van der Waals surface area contributed by atoms with E-state index in [-0.39, 0.29) is 0 Å². The number of benzene rings is 2. The van der Waals surface area contributed by atoms with E-state index in [0.29, 0.717) is 29.4 Å². The molecule has 3 rings (SSSR count). The average molecular weight is 433 g/mol. The summed E-state index contributed by atoms with van der Waals surface area (Å²) in [6.45, 7) is 0.643. The molecule has 1 aliphatic carbocycles. The molecule has 30 heavy (non-hydrogen) atoms. The maximum Gasteiger partial charge on any atom is 0.460 e.